The van der Waals surface area contributed by atoms with E-state index in [9.17, 15) is 5.11 Å². The molecule has 1 aliphatic carbocycles. The quantitative estimate of drug-likeness (QED) is 0.600. The summed E-state index contributed by atoms with van der Waals surface area (Å²) in [5, 5.41) is 10.7. The van der Waals surface area contributed by atoms with Gasteiger partial charge in [-0.2, -0.15) is 0 Å². The summed E-state index contributed by atoms with van der Waals surface area (Å²) in [7, 11) is 0. The second-order valence-corrected chi connectivity index (χ2v) is 7.63. The summed E-state index contributed by atoms with van der Waals surface area (Å²) in [4.78, 5) is 0. The van der Waals surface area contributed by atoms with Gasteiger partial charge in [0.15, 0.2) is 0 Å². The molecule has 0 saturated carbocycles. The van der Waals surface area contributed by atoms with E-state index in [-0.39, 0.29) is 6.61 Å². The third kappa shape index (κ3) is 2.69. The molecule has 0 fully saturated rings. The molecule has 3 aromatic rings. The minimum Gasteiger partial charge on any atom is -0.395 e. The van der Waals surface area contributed by atoms with E-state index in [1.54, 1.807) is 0 Å². The number of aliphatic hydroxyl groups is 1. The number of aliphatic hydroxyl groups excluding tert-OH is 1. The molecule has 116 valence electrons. The molecule has 0 radical (unpaired) electrons. The van der Waals surface area contributed by atoms with Crippen molar-refractivity contribution in [3.05, 3.63) is 68.2 Å². The van der Waals surface area contributed by atoms with E-state index >= 15 is 0 Å². The minimum atomic E-state index is 0.138. The van der Waals surface area contributed by atoms with Gasteiger partial charge in [-0.15, -0.1) is 0 Å². The van der Waals surface area contributed by atoms with Crippen molar-refractivity contribution in [3.8, 4) is 0 Å². The molecule has 0 saturated heterocycles. The lowest BCUT2D eigenvalue weighted by Crippen LogP contribution is -2.05. The Morgan fingerprint density at radius 3 is 2.61 bits per heavy atom. The number of hydrogen-bond acceptors (Lipinski definition) is 1. The summed E-state index contributed by atoms with van der Waals surface area (Å²) >= 11 is 7.09. The lowest BCUT2D eigenvalue weighted by Gasteiger charge is -2.10. The molecule has 0 amide bonds. The summed E-state index contributed by atoms with van der Waals surface area (Å²) in [6, 6.07) is 14.9. The van der Waals surface area contributed by atoms with Crippen LogP contribution in [0, 0.1) is 0 Å². The zero-order valence-corrected chi connectivity index (χ0v) is 15.6. The van der Waals surface area contributed by atoms with Gasteiger partial charge in [-0.1, -0.05) is 37.9 Å². The van der Waals surface area contributed by atoms with E-state index in [1.807, 2.05) is 0 Å². The van der Waals surface area contributed by atoms with Crippen molar-refractivity contribution in [2.45, 2.75) is 13.0 Å². The van der Waals surface area contributed by atoms with Crippen LogP contribution in [0.25, 0.3) is 22.6 Å². The Morgan fingerprint density at radius 1 is 1.00 bits per heavy atom. The highest BCUT2D eigenvalue weighted by Gasteiger charge is 2.19. The topological polar surface area (TPSA) is 25.2 Å². The normalized spacial score (nSPS) is 13.4. The van der Waals surface area contributed by atoms with E-state index in [0.717, 1.165) is 20.9 Å². The van der Waals surface area contributed by atoms with Gasteiger partial charge in [0.1, 0.15) is 0 Å². The number of aromatic nitrogens is 1. The van der Waals surface area contributed by atoms with E-state index in [4.69, 9.17) is 0 Å². The summed E-state index contributed by atoms with van der Waals surface area (Å²) in [6.07, 6.45) is 3.19. The average molecular weight is 433 g/mol. The lowest BCUT2D eigenvalue weighted by molar-refractivity contribution is 0.277. The molecule has 1 N–H and O–H groups in total. The number of hydrogen-bond donors (Lipinski definition) is 1. The lowest BCUT2D eigenvalue weighted by atomic mass is 10.1. The van der Waals surface area contributed by atoms with E-state index in [2.05, 4.69) is 85.0 Å². The molecule has 0 aliphatic heterocycles. The highest BCUT2D eigenvalue weighted by Crippen LogP contribution is 2.36. The van der Waals surface area contributed by atoms with Gasteiger partial charge in [0.05, 0.1) is 6.61 Å². The van der Waals surface area contributed by atoms with Gasteiger partial charge >= 0.3 is 0 Å². The molecule has 4 heteroatoms. The van der Waals surface area contributed by atoms with E-state index < -0.39 is 0 Å². The predicted molar refractivity (Wildman–Crippen MR) is 102 cm³/mol. The number of rotatable bonds is 3. The number of allylic oxidation sites excluding steroid dienone is 1. The highest BCUT2D eigenvalue weighted by molar-refractivity contribution is 9.10. The molecule has 0 atom stereocenters. The first kappa shape index (κ1) is 15.2. The average Bonchev–Trinajstić information content (AvgIpc) is 3.08. The summed E-state index contributed by atoms with van der Waals surface area (Å²) in [6.45, 7) is 0.746. The van der Waals surface area contributed by atoms with Crippen LogP contribution in [0.4, 0.5) is 0 Å². The van der Waals surface area contributed by atoms with Crippen LogP contribution in [0.1, 0.15) is 16.8 Å². The summed E-state index contributed by atoms with van der Waals surface area (Å²) < 4.78 is 4.41. The molecule has 1 heterocycles. The van der Waals surface area contributed by atoms with Crippen molar-refractivity contribution in [3.63, 3.8) is 0 Å². The van der Waals surface area contributed by atoms with Crippen molar-refractivity contribution in [1.82, 2.24) is 4.57 Å². The number of halogens is 2. The molecule has 0 bridgehead atoms. The Labute approximate surface area is 151 Å². The fourth-order valence-corrected chi connectivity index (χ4v) is 4.11. The molecule has 0 spiro atoms. The van der Waals surface area contributed by atoms with Crippen LogP contribution in [0.3, 0.4) is 0 Å². The molecule has 4 rings (SSSR count). The minimum absolute atomic E-state index is 0.138. The fourth-order valence-electron chi connectivity index (χ4n) is 3.33. The van der Waals surface area contributed by atoms with Gasteiger partial charge in [0.25, 0.3) is 0 Å². The van der Waals surface area contributed by atoms with Gasteiger partial charge in [-0.3, -0.25) is 0 Å². The van der Waals surface area contributed by atoms with Crippen molar-refractivity contribution >= 4 is 54.4 Å². The number of benzene rings is 2. The molecule has 0 unspecified atom stereocenters. The van der Waals surface area contributed by atoms with Gasteiger partial charge in [0.2, 0.25) is 0 Å². The second kappa shape index (κ2) is 5.93. The standard InChI is InChI=1S/C19H15Br2NO/c20-16-2-1-12-7-14(8-13(12)9-16)19-11-15-10-17(21)3-4-18(15)22(19)5-6-23/h1-4,7,9-11,23H,5-6,8H2. The maximum Gasteiger partial charge on any atom is 0.0610 e. The third-order valence-corrected chi connectivity index (χ3v) is 5.32. The fraction of sp³-hybridized carbons (Fsp3) is 0.158. The number of nitrogens with zero attached hydrogens (tertiary/aromatic N) is 1. The van der Waals surface area contributed by atoms with Crippen molar-refractivity contribution in [1.29, 1.82) is 0 Å². The molecular formula is C19H15Br2NO. The van der Waals surface area contributed by atoms with Crippen LogP contribution in [0.15, 0.2) is 51.4 Å². The van der Waals surface area contributed by atoms with Crippen LogP contribution >= 0.6 is 31.9 Å². The van der Waals surface area contributed by atoms with Crippen LogP contribution in [0.2, 0.25) is 0 Å². The Hall–Kier alpha value is -1.36. The highest BCUT2D eigenvalue weighted by atomic mass is 79.9. The van der Waals surface area contributed by atoms with Crippen LogP contribution in [-0.4, -0.2) is 16.3 Å². The van der Waals surface area contributed by atoms with Gasteiger partial charge in [-0.05, 0) is 59.2 Å². The summed E-state index contributed by atoms with van der Waals surface area (Å²) in [5.41, 5.74) is 6.29. The van der Waals surface area contributed by atoms with Crippen molar-refractivity contribution < 1.29 is 5.11 Å². The van der Waals surface area contributed by atoms with Crippen LogP contribution < -0.4 is 0 Å². The summed E-state index contributed by atoms with van der Waals surface area (Å²) in [5.74, 6) is 0. The van der Waals surface area contributed by atoms with E-state index in [1.165, 1.54) is 27.8 Å². The Kier molecular flexibility index (Phi) is 3.92. The Bertz CT molecular complexity index is 940. The van der Waals surface area contributed by atoms with Gasteiger partial charge < -0.3 is 9.67 Å². The molecule has 2 nitrogen and oxygen atoms in total. The number of fused-ring (bicyclic) bond motifs is 2. The third-order valence-electron chi connectivity index (χ3n) is 4.33. The van der Waals surface area contributed by atoms with Gasteiger partial charge in [0, 0.05) is 38.5 Å². The zero-order valence-electron chi connectivity index (χ0n) is 12.4. The van der Waals surface area contributed by atoms with Crippen LogP contribution in [-0.2, 0) is 13.0 Å². The first-order valence-electron chi connectivity index (χ1n) is 7.55. The molecule has 1 aromatic heterocycles. The first-order chi connectivity index (χ1) is 11.2. The molecule has 1 aliphatic rings. The maximum atomic E-state index is 9.47. The zero-order chi connectivity index (χ0) is 16.0. The maximum absolute atomic E-state index is 9.47. The predicted octanol–water partition coefficient (Wildman–Crippen LogP) is 5.26. The monoisotopic (exact) mass is 431 g/mol. The SMILES string of the molecule is OCCn1c(C2=Cc3ccc(Br)cc3C2)cc2cc(Br)ccc21. The van der Waals surface area contributed by atoms with Crippen LogP contribution in [0.5, 0.6) is 0 Å². The molecule has 2 aromatic carbocycles. The first-order valence-corrected chi connectivity index (χ1v) is 9.13. The molecular weight excluding hydrogens is 418 g/mol. The second-order valence-electron chi connectivity index (χ2n) is 5.80. The molecule has 23 heavy (non-hydrogen) atoms. The Balaban J connectivity index is 1.85. The Morgan fingerprint density at radius 2 is 1.78 bits per heavy atom. The van der Waals surface area contributed by atoms with E-state index in [0.29, 0.717) is 6.54 Å². The van der Waals surface area contributed by atoms with Crippen molar-refractivity contribution in [2.24, 2.45) is 0 Å². The largest absolute Gasteiger partial charge is 0.395 e. The van der Waals surface area contributed by atoms with Crippen molar-refractivity contribution in [2.75, 3.05) is 6.61 Å². The van der Waals surface area contributed by atoms with Gasteiger partial charge in [-0.25, -0.2) is 0 Å². The smallest absolute Gasteiger partial charge is 0.0610 e.